The highest BCUT2D eigenvalue weighted by Crippen LogP contribution is 2.28. The van der Waals surface area contributed by atoms with Gasteiger partial charge in [0, 0.05) is 5.56 Å². The van der Waals surface area contributed by atoms with E-state index in [4.69, 9.17) is 0 Å². The molecule has 0 saturated heterocycles. The van der Waals surface area contributed by atoms with Crippen LogP contribution in [0.25, 0.3) is 5.57 Å². The minimum absolute atomic E-state index is 0.108. The molecule has 78 valence electrons. The van der Waals surface area contributed by atoms with Gasteiger partial charge in [0.2, 0.25) is 0 Å². The Morgan fingerprint density at radius 3 is 2.80 bits per heavy atom. The second-order valence-corrected chi connectivity index (χ2v) is 4.24. The van der Waals surface area contributed by atoms with Crippen LogP contribution in [0, 0.1) is 18.7 Å². The Morgan fingerprint density at radius 1 is 1.33 bits per heavy atom. The lowest BCUT2D eigenvalue weighted by atomic mass is 9.90. The molecule has 15 heavy (non-hydrogen) atoms. The Hall–Kier alpha value is -1.37. The summed E-state index contributed by atoms with van der Waals surface area (Å²) in [5, 5.41) is 0. The van der Waals surface area contributed by atoms with E-state index in [-0.39, 0.29) is 5.82 Å². The second kappa shape index (κ2) is 4.01. The molecule has 0 fully saturated rings. The Bertz CT molecular complexity index is 427. The highest BCUT2D eigenvalue weighted by Gasteiger charge is 2.12. The number of hydrogen-bond acceptors (Lipinski definition) is 0. The summed E-state index contributed by atoms with van der Waals surface area (Å²) in [6, 6.07) is 5.43. The molecule has 1 unspecified atom stereocenters. The van der Waals surface area contributed by atoms with E-state index in [0.29, 0.717) is 5.92 Å². The molecule has 0 aromatic heterocycles. The molecule has 1 atom stereocenters. The molecule has 1 aliphatic carbocycles. The molecule has 0 amide bonds. The van der Waals surface area contributed by atoms with E-state index in [9.17, 15) is 4.39 Å². The maximum atomic E-state index is 13.7. The number of aryl methyl sites for hydroxylation is 1. The summed E-state index contributed by atoms with van der Waals surface area (Å²) in [5.74, 6) is 0.398. The topological polar surface area (TPSA) is 0 Å². The summed E-state index contributed by atoms with van der Waals surface area (Å²) in [4.78, 5) is 0. The molecule has 0 aliphatic heterocycles. The van der Waals surface area contributed by atoms with Crippen molar-refractivity contribution in [3.63, 3.8) is 0 Å². The highest BCUT2D eigenvalue weighted by atomic mass is 19.1. The first kappa shape index (κ1) is 10.2. The van der Waals surface area contributed by atoms with Crippen molar-refractivity contribution in [2.24, 2.45) is 5.92 Å². The van der Waals surface area contributed by atoms with Crippen LogP contribution in [0.1, 0.15) is 24.5 Å². The molecule has 0 spiro atoms. The normalized spacial score (nSPS) is 20.2. The van der Waals surface area contributed by atoms with Crippen molar-refractivity contribution in [1.29, 1.82) is 0 Å². The van der Waals surface area contributed by atoms with Crippen LogP contribution in [-0.4, -0.2) is 0 Å². The van der Waals surface area contributed by atoms with Gasteiger partial charge in [-0.3, -0.25) is 0 Å². The predicted octanol–water partition coefficient (Wildman–Crippen LogP) is 4.11. The maximum absolute atomic E-state index is 13.7. The van der Waals surface area contributed by atoms with Crippen LogP contribution in [0.5, 0.6) is 0 Å². The van der Waals surface area contributed by atoms with Crippen LogP contribution in [0.3, 0.4) is 0 Å². The van der Waals surface area contributed by atoms with Crippen molar-refractivity contribution in [2.45, 2.75) is 20.3 Å². The first-order chi connectivity index (χ1) is 7.16. The van der Waals surface area contributed by atoms with Crippen molar-refractivity contribution in [1.82, 2.24) is 0 Å². The predicted molar refractivity (Wildman–Crippen MR) is 62.0 cm³/mol. The number of halogens is 1. The molecule has 0 bridgehead atoms. The molecule has 0 saturated carbocycles. The van der Waals surface area contributed by atoms with E-state index < -0.39 is 0 Å². The van der Waals surface area contributed by atoms with Crippen molar-refractivity contribution in [3.8, 4) is 0 Å². The van der Waals surface area contributed by atoms with Gasteiger partial charge in [0.25, 0.3) is 0 Å². The zero-order valence-corrected chi connectivity index (χ0v) is 9.13. The SMILES string of the molecule is Cc1ccc(C2=CC=CC(C)C2)c(F)c1. The van der Waals surface area contributed by atoms with Crippen molar-refractivity contribution in [2.75, 3.05) is 0 Å². The maximum Gasteiger partial charge on any atom is 0.130 e. The third-order valence-electron chi connectivity index (χ3n) is 2.75. The molecule has 0 radical (unpaired) electrons. The van der Waals surface area contributed by atoms with Gasteiger partial charge in [0.15, 0.2) is 0 Å². The highest BCUT2D eigenvalue weighted by molar-refractivity contribution is 5.69. The molecule has 0 N–H and O–H groups in total. The monoisotopic (exact) mass is 202 g/mol. The Labute approximate surface area is 90.1 Å². The van der Waals surface area contributed by atoms with Crippen molar-refractivity contribution < 1.29 is 4.39 Å². The molecular formula is C14H15F. The number of allylic oxidation sites excluding steroid dienone is 4. The van der Waals surface area contributed by atoms with E-state index in [1.807, 2.05) is 31.2 Å². The number of benzene rings is 1. The summed E-state index contributed by atoms with van der Waals surface area (Å²) >= 11 is 0. The molecule has 1 aromatic carbocycles. The van der Waals surface area contributed by atoms with Gasteiger partial charge in [-0.05, 0) is 36.5 Å². The quantitative estimate of drug-likeness (QED) is 0.642. The van der Waals surface area contributed by atoms with Crippen LogP contribution >= 0.6 is 0 Å². The van der Waals surface area contributed by atoms with Gasteiger partial charge in [0.05, 0.1) is 0 Å². The zero-order chi connectivity index (χ0) is 10.8. The van der Waals surface area contributed by atoms with Gasteiger partial charge < -0.3 is 0 Å². The van der Waals surface area contributed by atoms with Crippen LogP contribution < -0.4 is 0 Å². The third-order valence-corrected chi connectivity index (χ3v) is 2.75. The van der Waals surface area contributed by atoms with E-state index in [1.54, 1.807) is 6.07 Å². The van der Waals surface area contributed by atoms with Crippen LogP contribution in [0.15, 0.2) is 36.4 Å². The van der Waals surface area contributed by atoms with Gasteiger partial charge >= 0.3 is 0 Å². The first-order valence-electron chi connectivity index (χ1n) is 5.30. The van der Waals surface area contributed by atoms with Crippen LogP contribution in [0.4, 0.5) is 4.39 Å². The molecule has 1 aromatic rings. The third kappa shape index (κ3) is 2.17. The fraction of sp³-hybridized carbons (Fsp3) is 0.286. The minimum Gasteiger partial charge on any atom is -0.206 e. The lowest BCUT2D eigenvalue weighted by molar-refractivity contribution is 0.619. The average Bonchev–Trinajstić information content (AvgIpc) is 2.17. The van der Waals surface area contributed by atoms with Crippen molar-refractivity contribution >= 4 is 5.57 Å². The molecule has 2 rings (SSSR count). The van der Waals surface area contributed by atoms with E-state index in [2.05, 4.69) is 13.0 Å². The lowest BCUT2D eigenvalue weighted by Crippen LogP contribution is -1.99. The van der Waals surface area contributed by atoms with Gasteiger partial charge in [-0.15, -0.1) is 0 Å². The van der Waals surface area contributed by atoms with Gasteiger partial charge in [-0.25, -0.2) is 4.39 Å². The fourth-order valence-electron chi connectivity index (χ4n) is 1.92. The molecular weight excluding hydrogens is 187 g/mol. The minimum atomic E-state index is -0.108. The zero-order valence-electron chi connectivity index (χ0n) is 9.13. The first-order valence-corrected chi connectivity index (χ1v) is 5.30. The van der Waals surface area contributed by atoms with Crippen LogP contribution in [0.2, 0.25) is 0 Å². The van der Waals surface area contributed by atoms with Gasteiger partial charge in [-0.1, -0.05) is 37.3 Å². The summed E-state index contributed by atoms with van der Waals surface area (Å²) < 4.78 is 13.7. The second-order valence-electron chi connectivity index (χ2n) is 4.24. The summed E-state index contributed by atoms with van der Waals surface area (Å²) in [6.45, 7) is 4.06. The molecule has 0 nitrogen and oxygen atoms in total. The number of hydrogen-bond donors (Lipinski definition) is 0. The van der Waals surface area contributed by atoms with Crippen LogP contribution in [-0.2, 0) is 0 Å². The van der Waals surface area contributed by atoms with Gasteiger partial charge in [0.1, 0.15) is 5.82 Å². The molecule has 1 aliphatic rings. The molecule has 1 heteroatoms. The summed E-state index contributed by atoms with van der Waals surface area (Å²) in [6.07, 6.45) is 7.10. The summed E-state index contributed by atoms with van der Waals surface area (Å²) in [5.41, 5.74) is 2.82. The lowest BCUT2D eigenvalue weighted by Gasteiger charge is -2.15. The van der Waals surface area contributed by atoms with E-state index >= 15 is 0 Å². The summed E-state index contributed by atoms with van der Waals surface area (Å²) in [7, 11) is 0. The Balaban J connectivity index is 2.38. The van der Waals surface area contributed by atoms with E-state index in [0.717, 1.165) is 23.1 Å². The van der Waals surface area contributed by atoms with Crippen molar-refractivity contribution in [3.05, 3.63) is 53.4 Å². The smallest absolute Gasteiger partial charge is 0.130 e. The van der Waals surface area contributed by atoms with Gasteiger partial charge in [-0.2, -0.15) is 0 Å². The molecule has 0 heterocycles. The standard InChI is InChI=1S/C14H15F/c1-10-4-3-5-12(8-10)13-7-6-11(2)9-14(13)15/h3-7,9-10H,8H2,1-2H3. The Morgan fingerprint density at radius 2 is 2.13 bits per heavy atom. The van der Waals surface area contributed by atoms with E-state index in [1.165, 1.54) is 0 Å². The fourth-order valence-corrected chi connectivity index (χ4v) is 1.92. The average molecular weight is 202 g/mol. The number of rotatable bonds is 1. The largest absolute Gasteiger partial charge is 0.206 e. The Kier molecular flexibility index (Phi) is 2.72.